The number of urea groups is 1. The predicted octanol–water partition coefficient (Wildman–Crippen LogP) is -1.71. The van der Waals surface area contributed by atoms with Crippen molar-refractivity contribution in [3.05, 3.63) is 0 Å². The zero-order chi connectivity index (χ0) is 8.57. The Labute approximate surface area is 64.4 Å². The molecule has 6 heteroatoms. The van der Waals surface area contributed by atoms with Crippen LogP contribution >= 0.6 is 12.6 Å². The Hall–Kier alpha value is -0.460. The maximum Gasteiger partial charge on any atom is 0.309 e. The summed E-state index contributed by atoms with van der Waals surface area (Å²) in [4.78, 5) is 9.00. The van der Waals surface area contributed by atoms with E-state index in [9.17, 15) is 0 Å². The average molecular weight is 168 g/mol. The molecule has 0 aromatic heterocycles. The van der Waals surface area contributed by atoms with Gasteiger partial charge < -0.3 is 21.7 Å². The van der Waals surface area contributed by atoms with Gasteiger partial charge in [0.15, 0.2) is 0 Å². The van der Waals surface area contributed by atoms with Gasteiger partial charge in [0.2, 0.25) is 0 Å². The predicted molar refractivity (Wildman–Crippen MR) is 40.7 cm³/mol. The summed E-state index contributed by atoms with van der Waals surface area (Å²) in [6.07, 6.45) is -0.645. The molecule has 0 saturated carbocycles. The molecule has 0 aliphatic carbocycles. The van der Waals surface area contributed by atoms with Crippen molar-refractivity contribution in [1.29, 1.82) is 0 Å². The fourth-order valence-electron chi connectivity index (χ4n) is 0.0577. The molecule has 0 heterocycles. The molecule has 0 saturated heterocycles. The van der Waals surface area contributed by atoms with Crippen LogP contribution in [0.25, 0.3) is 0 Å². The minimum absolute atomic E-state index is 0.191. The minimum atomic E-state index is -0.833. The van der Waals surface area contributed by atoms with Gasteiger partial charge in [-0.15, -0.1) is 0 Å². The molecule has 1 unspecified atom stereocenters. The molecule has 2 amide bonds. The maximum atomic E-state index is 9.00. The highest BCUT2D eigenvalue weighted by atomic mass is 32.1. The van der Waals surface area contributed by atoms with Crippen molar-refractivity contribution in [3.8, 4) is 0 Å². The normalized spacial score (nSPS) is 11.1. The summed E-state index contributed by atoms with van der Waals surface area (Å²) in [5, 5.41) is 16.4. The molecule has 10 heavy (non-hydrogen) atoms. The van der Waals surface area contributed by atoms with Gasteiger partial charge in [-0.3, -0.25) is 0 Å². The first kappa shape index (κ1) is 12.2. The summed E-state index contributed by atoms with van der Waals surface area (Å²) in [6, 6.07) is -0.833. The summed E-state index contributed by atoms with van der Waals surface area (Å²) >= 11 is 3.69. The van der Waals surface area contributed by atoms with E-state index in [0.29, 0.717) is 5.75 Å². The number of amides is 2. The van der Waals surface area contributed by atoms with Crippen molar-refractivity contribution in [2.75, 3.05) is 12.4 Å². The van der Waals surface area contributed by atoms with E-state index >= 15 is 0 Å². The third-order valence-corrected chi connectivity index (χ3v) is 0.843. The van der Waals surface area contributed by atoms with Crippen LogP contribution in [0.4, 0.5) is 4.79 Å². The highest BCUT2D eigenvalue weighted by molar-refractivity contribution is 7.80. The Balaban J connectivity index is 0. The van der Waals surface area contributed by atoms with Crippen molar-refractivity contribution in [2.45, 2.75) is 6.10 Å². The highest BCUT2D eigenvalue weighted by Crippen LogP contribution is 1.81. The van der Waals surface area contributed by atoms with Crippen molar-refractivity contribution in [2.24, 2.45) is 11.5 Å². The van der Waals surface area contributed by atoms with Crippen LogP contribution in [0, 0.1) is 0 Å². The lowest BCUT2D eigenvalue weighted by atomic mass is 10.4. The number of carbonyl (C=O) groups is 1. The van der Waals surface area contributed by atoms with Gasteiger partial charge in [-0.25, -0.2) is 4.79 Å². The second-order valence-electron chi connectivity index (χ2n) is 1.42. The number of carbonyl (C=O) groups excluding carboxylic acids is 1. The second-order valence-corrected chi connectivity index (χ2v) is 1.79. The van der Waals surface area contributed by atoms with Gasteiger partial charge >= 0.3 is 6.03 Å². The molecular weight excluding hydrogens is 156 g/mol. The minimum Gasteiger partial charge on any atom is -0.394 e. The fraction of sp³-hybridized carbons (Fsp3) is 0.750. The zero-order valence-electron chi connectivity index (χ0n) is 5.40. The molecule has 0 bridgehead atoms. The molecule has 62 valence electrons. The van der Waals surface area contributed by atoms with Crippen LogP contribution in [-0.2, 0) is 0 Å². The molecule has 0 radical (unpaired) electrons. The molecule has 6 N–H and O–H groups in total. The van der Waals surface area contributed by atoms with Crippen LogP contribution < -0.4 is 11.5 Å². The third kappa shape index (κ3) is 25.7. The van der Waals surface area contributed by atoms with Gasteiger partial charge in [0.05, 0.1) is 12.7 Å². The SMILES string of the molecule is NC(N)=O.OCC(O)CS. The number of hydrogen-bond donors (Lipinski definition) is 5. The van der Waals surface area contributed by atoms with Crippen LogP contribution in [-0.4, -0.2) is 34.7 Å². The molecular formula is C4H12N2O3S. The second kappa shape index (κ2) is 8.54. The molecule has 0 rings (SSSR count). The largest absolute Gasteiger partial charge is 0.394 e. The summed E-state index contributed by atoms with van der Waals surface area (Å²) in [5.41, 5.74) is 8.50. The summed E-state index contributed by atoms with van der Waals surface area (Å²) in [5.74, 6) is 0.330. The average Bonchev–Trinajstić information content (AvgIpc) is 1.85. The maximum absolute atomic E-state index is 9.00. The highest BCUT2D eigenvalue weighted by Gasteiger charge is 1.92. The number of hydrogen-bond acceptors (Lipinski definition) is 4. The van der Waals surface area contributed by atoms with E-state index in [2.05, 4.69) is 24.1 Å². The van der Waals surface area contributed by atoms with Crippen LogP contribution in [0.5, 0.6) is 0 Å². The first-order valence-electron chi connectivity index (χ1n) is 2.49. The smallest absolute Gasteiger partial charge is 0.309 e. The molecule has 0 aromatic rings. The quantitative estimate of drug-likeness (QED) is 0.317. The van der Waals surface area contributed by atoms with Crippen LogP contribution in [0.1, 0.15) is 0 Å². The Morgan fingerprint density at radius 3 is 1.90 bits per heavy atom. The Bertz CT molecular complexity index is 82.6. The summed E-state index contributed by atoms with van der Waals surface area (Å²) in [7, 11) is 0. The van der Waals surface area contributed by atoms with Crippen molar-refractivity contribution in [1.82, 2.24) is 0 Å². The van der Waals surface area contributed by atoms with Crippen LogP contribution in [0.3, 0.4) is 0 Å². The molecule has 0 fully saturated rings. The van der Waals surface area contributed by atoms with Gasteiger partial charge in [-0.05, 0) is 0 Å². The van der Waals surface area contributed by atoms with Gasteiger partial charge in [0.25, 0.3) is 0 Å². The summed E-state index contributed by atoms with van der Waals surface area (Å²) < 4.78 is 0. The fourth-order valence-corrected chi connectivity index (χ4v) is 0.173. The molecule has 0 aliphatic heterocycles. The van der Waals surface area contributed by atoms with E-state index in [1.54, 1.807) is 0 Å². The van der Waals surface area contributed by atoms with Crippen molar-refractivity contribution < 1.29 is 15.0 Å². The number of aliphatic hydroxyl groups excluding tert-OH is 2. The Morgan fingerprint density at radius 1 is 1.60 bits per heavy atom. The molecule has 0 aliphatic rings. The van der Waals surface area contributed by atoms with Gasteiger partial charge in [0.1, 0.15) is 0 Å². The number of aliphatic hydroxyl groups is 2. The van der Waals surface area contributed by atoms with Crippen molar-refractivity contribution >= 4 is 18.7 Å². The molecule has 0 aromatic carbocycles. The first-order chi connectivity index (χ1) is 4.54. The molecule has 5 nitrogen and oxygen atoms in total. The first-order valence-corrected chi connectivity index (χ1v) is 3.12. The van der Waals surface area contributed by atoms with Gasteiger partial charge in [0, 0.05) is 5.75 Å². The van der Waals surface area contributed by atoms with E-state index < -0.39 is 12.1 Å². The topological polar surface area (TPSA) is 110 Å². The number of nitrogens with two attached hydrogens (primary N) is 2. The zero-order valence-corrected chi connectivity index (χ0v) is 6.29. The van der Waals surface area contributed by atoms with Gasteiger partial charge in [-0.1, -0.05) is 0 Å². The Morgan fingerprint density at radius 2 is 1.90 bits per heavy atom. The van der Waals surface area contributed by atoms with E-state index in [4.69, 9.17) is 15.0 Å². The number of rotatable bonds is 2. The van der Waals surface area contributed by atoms with Crippen LogP contribution in [0.15, 0.2) is 0 Å². The third-order valence-electron chi connectivity index (χ3n) is 0.421. The standard InChI is InChI=1S/C3H8O2S.CH4N2O/c4-1-3(5)2-6;2-1(3)4/h3-6H,1-2H2;(H4,2,3,4). The number of thiol groups is 1. The Kier molecular flexibility index (Phi) is 10.5. The monoisotopic (exact) mass is 168 g/mol. The van der Waals surface area contributed by atoms with E-state index in [1.165, 1.54) is 0 Å². The lowest BCUT2D eigenvalue weighted by Gasteiger charge is -1.96. The van der Waals surface area contributed by atoms with E-state index in [0.717, 1.165) is 0 Å². The lowest BCUT2D eigenvalue weighted by molar-refractivity contribution is 0.114. The van der Waals surface area contributed by atoms with E-state index in [1.807, 2.05) is 0 Å². The summed E-state index contributed by atoms with van der Waals surface area (Å²) in [6.45, 7) is -0.191. The lowest BCUT2D eigenvalue weighted by Crippen LogP contribution is -2.18. The molecule has 0 spiro atoms. The van der Waals surface area contributed by atoms with Crippen molar-refractivity contribution in [3.63, 3.8) is 0 Å². The van der Waals surface area contributed by atoms with Crippen LogP contribution in [0.2, 0.25) is 0 Å². The number of primary amides is 2. The molecule has 1 atom stereocenters. The van der Waals surface area contributed by atoms with Gasteiger partial charge in [-0.2, -0.15) is 12.6 Å². The van der Waals surface area contributed by atoms with E-state index in [-0.39, 0.29) is 6.61 Å².